The molecule has 2 aromatic carbocycles. The Balaban J connectivity index is 1.56. The summed E-state index contributed by atoms with van der Waals surface area (Å²) in [5.41, 5.74) is 3.33. The third kappa shape index (κ3) is 3.35. The summed E-state index contributed by atoms with van der Waals surface area (Å²) in [4.78, 5) is 29.4. The normalized spacial score (nSPS) is 19.8. The van der Waals surface area contributed by atoms with E-state index in [1.165, 1.54) is 0 Å². The summed E-state index contributed by atoms with van der Waals surface area (Å²) < 4.78 is 11.5. The third-order valence-corrected chi connectivity index (χ3v) is 6.49. The molecule has 34 heavy (non-hydrogen) atoms. The molecule has 1 N–H and O–H groups in total. The van der Waals surface area contributed by atoms with Crippen LogP contribution in [0.5, 0.6) is 0 Å². The molecule has 2 aromatic heterocycles. The second kappa shape index (κ2) is 8.23. The number of nitrogens with one attached hydrogen (secondary N) is 1. The first-order valence-corrected chi connectivity index (χ1v) is 11.3. The van der Waals surface area contributed by atoms with Crippen molar-refractivity contribution < 1.29 is 18.4 Å². The van der Waals surface area contributed by atoms with E-state index in [1.807, 2.05) is 60.7 Å². The van der Waals surface area contributed by atoms with Gasteiger partial charge in [0.05, 0.1) is 23.9 Å². The number of carbonyl (C=O) groups excluding carboxylic acids is 2. The van der Waals surface area contributed by atoms with Gasteiger partial charge in [0.2, 0.25) is 0 Å². The summed E-state index contributed by atoms with van der Waals surface area (Å²) in [5.74, 6) is 1.02. The van der Waals surface area contributed by atoms with E-state index < -0.39 is 6.04 Å². The van der Waals surface area contributed by atoms with Crippen molar-refractivity contribution in [2.24, 2.45) is 0 Å². The molecular formula is C28H22N2O4. The summed E-state index contributed by atoms with van der Waals surface area (Å²) in [6.45, 7) is 0. The van der Waals surface area contributed by atoms with Crippen molar-refractivity contribution in [2.75, 3.05) is 10.2 Å². The number of nitrogens with zero attached hydrogens (tertiary/aromatic N) is 1. The number of allylic oxidation sites excluding steroid dienone is 1. The lowest BCUT2D eigenvalue weighted by Gasteiger charge is -2.33. The van der Waals surface area contributed by atoms with Crippen LogP contribution in [0, 0.1) is 0 Å². The Labute approximate surface area is 196 Å². The first kappa shape index (κ1) is 20.3. The predicted octanol–water partition coefficient (Wildman–Crippen LogP) is 6.09. The van der Waals surface area contributed by atoms with E-state index in [9.17, 15) is 9.59 Å². The Morgan fingerprint density at radius 2 is 1.53 bits per heavy atom. The molecule has 1 aliphatic heterocycles. The third-order valence-electron chi connectivity index (χ3n) is 6.49. The fraction of sp³-hybridized carbons (Fsp3) is 0.143. The molecule has 3 heterocycles. The van der Waals surface area contributed by atoms with Crippen LogP contribution in [0.2, 0.25) is 0 Å². The monoisotopic (exact) mass is 450 g/mol. The number of fused-ring (bicyclic) bond motifs is 1. The number of ketones is 1. The molecule has 1 amide bonds. The van der Waals surface area contributed by atoms with Crippen molar-refractivity contribution in [1.82, 2.24) is 0 Å². The standard InChI is InChI=1S/C28H22N2O4/c31-23-17-19(24-12-6-14-33-24)16-21-26(23)27(25-13-7-15-34-25)30(22-11-5-4-10-20(22)29-21)28(32)18-8-2-1-3-9-18/h1-15,19,27,29H,16-17H2/t19-,27-/m1/s1. The van der Waals surface area contributed by atoms with E-state index in [4.69, 9.17) is 8.83 Å². The van der Waals surface area contributed by atoms with Crippen LogP contribution in [0.3, 0.4) is 0 Å². The van der Waals surface area contributed by atoms with Crippen LogP contribution in [0.1, 0.15) is 46.7 Å². The molecule has 168 valence electrons. The van der Waals surface area contributed by atoms with Gasteiger partial charge in [0.15, 0.2) is 5.78 Å². The zero-order valence-corrected chi connectivity index (χ0v) is 18.3. The number of furan rings is 2. The van der Waals surface area contributed by atoms with E-state index in [0.717, 1.165) is 17.1 Å². The van der Waals surface area contributed by atoms with Gasteiger partial charge in [0.1, 0.15) is 17.6 Å². The van der Waals surface area contributed by atoms with Crippen LogP contribution in [0.25, 0.3) is 0 Å². The lowest BCUT2D eigenvalue weighted by atomic mass is 9.81. The number of Topliss-reactive ketones (excluding diaryl/α,β-unsaturated/α-hetero) is 1. The average molecular weight is 450 g/mol. The van der Waals surface area contributed by atoms with E-state index in [1.54, 1.807) is 35.6 Å². The fourth-order valence-corrected chi connectivity index (χ4v) is 4.97. The number of amides is 1. The summed E-state index contributed by atoms with van der Waals surface area (Å²) in [6, 6.07) is 23.4. The van der Waals surface area contributed by atoms with Crippen LogP contribution in [-0.2, 0) is 4.79 Å². The molecule has 0 fully saturated rings. The minimum Gasteiger partial charge on any atom is -0.469 e. The molecule has 6 nitrogen and oxygen atoms in total. The lowest BCUT2D eigenvalue weighted by molar-refractivity contribution is -0.116. The second-order valence-electron chi connectivity index (χ2n) is 8.54. The Morgan fingerprint density at radius 1 is 0.824 bits per heavy atom. The highest BCUT2D eigenvalue weighted by Crippen LogP contribution is 2.47. The number of anilines is 2. The van der Waals surface area contributed by atoms with Crippen LogP contribution in [0.15, 0.2) is 111 Å². The van der Waals surface area contributed by atoms with Gasteiger partial charge < -0.3 is 14.2 Å². The zero-order chi connectivity index (χ0) is 23.1. The molecular weight excluding hydrogens is 428 g/mol. The van der Waals surface area contributed by atoms with Crippen molar-refractivity contribution in [1.29, 1.82) is 0 Å². The number of para-hydroxylation sites is 2. The molecule has 0 saturated heterocycles. The van der Waals surface area contributed by atoms with Crippen molar-refractivity contribution >= 4 is 23.1 Å². The van der Waals surface area contributed by atoms with Crippen LogP contribution in [-0.4, -0.2) is 11.7 Å². The van der Waals surface area contributed by atoms with Gasteiger partial charge in [-0.1, -0.05) is 30.3 Å². The Bertz CT molecular complexity index is 1370. The number of carbonyl (C=O) groups is 2. The molecule has 6 heteroatoms. The summed E-state index contributed by atoms with van der Waals surface area (Å²) in [6.07, 6.45) is 4.10. The fourth-order valence-electron chi connectivity index (χ4n) is 4.97. The molecule has 0 unspecified atom stereocenters. The summed E-state index contributed by atoms with van der Waals surface area (Å²) in [5, 5.41) is 3.49. The van der Waals surface area contributed by atoms with Gasteiger partial charge in [-0.3, -0.25) is 14.5 Å². The van der Waals surface area contributed by atoms with Gasteiger partial charge in [0, 0.05) is 29.2 Å². The molecule has 6 rings (SSSR count). The lowest BCUT2D eigenvalue weighted by Crippen LogP contribution is -2.38. The molecule has 4 aromatic rings. The van der Waals surface area contributed by atoms with E-state index in [0.29, 0.717) is 35.4 Å². The largest absolute Gasteiger partial charge is 0.469 e. The maximum atomic E-state index is 14.0. The average Bonchev–Trinajstić information content (AvgIpc) is 3.57. The number of rotatable bonds is 3. The van der Waals surface area contributed by atoms with Crippen molar-refractivity contribution in [3.05, 3.63) is 120 Å². The van der Waals surface area contributed by atoms with Gasteiger partial charge in [-0.05, 0) is 55.0 Å². The van der Waals surface area contributed by atoms with Crippen LogP contribution >= 0.6 is 0 Å². The highest BCUT2D eigenvalue weighted by Gasteiger charge is 2.43. The first-order chi connectivity index (χ1) is 16.7. The second-order valence-corrected chi connectivity index (χ2v) is 8.54. The van der Waals surface area contributed by atoms with Gasteiger partial charge in [0.25, 0.3) is 5.91 Å². The topological polar surface area (TPSA) is 75.7 Å². The molecule has 1 aliphatic carbocycles. The number of hydrogen-bond acceptors (Lipinski definition) is 5. The highest BCUT2D eigenvalue weighted by molar-refractivity contribution is 6.11. The smallest absolute Gasteiger partial charge is 0.259 e. The van der Waals surface area contributed by atoms with Crippen molar-refractivity contribution in [3.8, 4) is 0 Å². The Morgan fingerprint density at radius 3 is 2.26 bits per heavy atom. The minimum absolute atomic E-state index is 0.0322. The zero-order valence-electron chi connectivity index (χ0n) is 18.3. The van der Waals surface area contributed by atoms with E-state index >= 15 is 0 Å². The van der Waals surface area contributed by atoms with E-state index in [-0.39, 0.29) is 17.6 Å². The maximum Gasteiger partial charge on any atom is 0.259 e. The molecule has 0 radical (unpaired) electrons. The van der Waals surface area contributed by atoms with E-state index in [2.05, 4.69) is 5.32 Å². The Kier molecular flexibility index (Phi) is 4.91. The minimum atomic E-state index is -0.695. The highest BCUT2D eigenvalue weighted by atomic mass is 16.3. The van der Waals surface area contributed by atoms with Crippen molar-refractivity contribution in [2.45, 2.75) is 24.8 Å². The SMILES string of the molecule is O=C1C[C@H](c2ccco2)CC2=C1[C@@H](c1ccco1)N(C(=O)c1ccccc1)c1ccccc1N2. The first-order valence-electron chi connectivity index (χ1n) is 11.3. The van der Waals surface area contributed by atoms with Crippen LogP contribution in [0.4, 0.5) is 11.4 Å². The number of benzene rings is 2. The Hall–Kier alpha value is -4.32. The van der Waals surface area contributed by atoms with Gasteiger partial charge in [-0.25, -0.2) is 0 Å². The van der Waals surface area contributed by atoms with Gasteiger partial charge >= 0.3 is 0 Å². The summed E-state index contributed by atoms with van der Waals surface area (Å²) in [7, 11) is 0. The number of hydrogen-bond donors (Lipinski definition) is 1. The maximum absolute atomic E-state index is 14.0. The molecule has 2 aliphatic rings. The molecule has 0 spiro atoms. The summed E-state index contributed by atoms with van der Waals surface area (Å²) >= 11 is 0. The predicted molar refractivity (Wildman–Crippen MR) is 127 cm³/mol. The molecule has 0 bridgehead atoms. The quantitative estimate of drug-likeness (QED) is 0.409. The molecule has 2 atom stereocenters. The van der Waals surface area contributed by atoms with Crippen molar-refractivity contribution in [3.63, 3.8) is 0 Å². The molecule has 0 saturated carbocycles. The van der Waals surface area contributed by atoms with Gasteiger partial charge in [-0.2, -0.15) is 0 Å². The van der Waals surface area contributed by atoms with Crippen LogP contribution < -0.4 is 10.2 Å². The van der Waals surface area contributed by atoms with Gasteiger partial charge in [-0.15, -0.1) is 0 Å².